The average molecular weight is 224 g/mol. The van der Waals surface area contributed by atoms with Crippen molar-refractivity contribution in [3.8, 4) is 5.75 Å². The van der Waals surface area contributed by atoms with Gasteiger partial charge in [-0.3, -0.25) is 0 Å². The van der Waals surface area contributed by atoms with Gasteiger partial charge in [-0.05, 0) is 27.8 Å². The molecule has 0 radical (unpaired) electrons. The molecular formula is C9H16OSi3. The highest BCUT2D eigenvalue weighted by Crippen LogP contribution is 2.17. The quantitative estimate of drug-likeness (QED) is 0.472. The molecule has 0 unspecified atom stereocenters. The first-order chi connectivity index (χ1) is 6.38. The predicted molar refractivity (Wildman–Crippen MR) is 68.0 cm³/mol. The summed E-state index contributed by atoms with van der Waals surface area (Å²) in [6, 6.07) is 8.31. The van der Waals surface area contributed by atoms with Crippen molar-refractivity contribution in [2.45, 2.75) is 6.42 Å². The number of allylic oxidation sites excluding steroid dienone is 1. The summed E-state index contributed by atoms with van der Waals surface area (Å²) in [5, 5.41) is 0. The van der Waals surface area contributed by atoms with Gasteiger partial charge in [0.05, 0.1) is 0 Å². The van der Waals surface area contributed by atoms with Gasteiger partial charge in [0, 0.05) is 8.55 Å². The molecule has 1 nitrogen and oxygen atoms in total. The number of para-hydroxylation sites is 1. The maximum absolute atomic E-state index is 5.83. The van der Waals surface area contributed by atoms with Gasteiger partial charge in [-0.2, -0.15) is 0 Å². The molecule has 13 heavy (non-hydrogen) atoms. The first-order valence-corrected chi connectivity index (χ1v) is 14.9. The molecule has 0 saturated heterocycles. The Hall–Kier alpha value is -0.589. The molecule has 4 heteroatoms. The molecule has 0 amide bonds. The summed E-state index contributed by atoms with van der Waals surface area (Å²) in [5.74, 6) is 1.11. The second-order valence-corrected chi connectivity index (χ2v) is 17.9. The zero-order valence-electron chi connectivity index (χ0n) is 8.12. The van der Waals surface area contributed by atoms with Crippen molar-refractivity contribution in [2.75, 3.05) is 0 Å². The maximum Gasteiger partial charge on any atom is 0.194 e. The van der Waals surface area contributed by atoms with E-state index in [9.17, 15) is 0 Å². The predicted octanol–water partition coefficient (Wildman–Crippen LogP) is -0.758. The molecule has 0 spiro atoms. The van der Waals surface area contributed by atoms with Gasteiger partial charge in [0.1, 0.15) is 5.75 Å². The summed E-state index contributed by atoms with van der Waals surface area (Å²) in [6.07, 6.45) is 2.86. The van der Waals surface area contributed by atoms with Crippen LogP contribution in [0.2, 0.25) is 0 Å². The zero-order valence-corrected chi connectivity index (χ0v) is 13.0. The normalized spacial score (nSPS) is 11.7. The Labute approximate surface area is 87.0 Å². The SMILES string of the molecule is C=CCc1ccccc1O[SiH2][SiH2][SiH3]. The monoisotopic (exact) mass is 224 g/mol. The van der Waals surface area contributed by atoms with Gasteiger partial charge >= 0.3 is 0 Å². The summed E-state index contributed by atoms with van der Waals surface area (Å²) in [5.41, 5.74) is 1.29. The molecule has 1 aromatic carbocycles. The van der Waals surface area contributed by atoms with Gasteiger partial charge in [-0.1, -0.05) is 24.3 Å². The van der Waals surface area contributed by atoms with Crippen LogP contribution in [-0.2, 0) is 6.42 Å². The van der Waals surface area contributed by atoms with E-state index < -0.39 is 0 Å². The van der Waals surface area contributed by atoms with Crippen molar-refractivity contribution in [3.05, 3.63) is 42.5 Å². The van der Waals surface area contributed by atoms with Gasteiger partial charge in [0.2, 0.25) is 0 Å². The molecular weight excluding hydrogens is 208 g/mol. The van der Waals surface area contributed by atoms with Crippen LogP contribution in [-0.4, -0.2) is 27.6 Å². The lowest BCUT2D eigenvalue weighted by Gasteiger charge is -2.09. The van der Waals surface area contributed by atoms with E-state index in [-0.39, 0.29) is 17.8 Å². The topological polar surface area (TPSA) is 9.23 Å². The van der Waals surface area contributed by atoms with E-state index in [4.69, 9.17) is 4.43 Å². The minimum Gasteiger partial charge on any atom is -0.554 e. The third kappa shape index (κ3) is 3.33. The Kier molecular flexibility index (Phi) is 4.81. The zero-order chi connectivity index (χ0) is 9.52. The number of benzene rings is 1. The summed E-state index contributed by atoms with van der Waals surface area (Å²) >= 11 is 0. The maximum atomic E-state index is 5.83. The molecule has 0 bridgehead atoms. The van der Waals surface area contributed by atoms with Gasteiger partial charge < -0.3 is 4.43 Å². The van der Waals surface area contributed by atoms with E-state index in [2.05, 4.69) is 24.8 Å². The van der Waals surface area contributed by atoms with Crippen LogP contribution >= 0.6 is 0 Å². The minimum absolute atomic E-state index is 0.149. The second-order valence-electron chi connectivity index (χ2n) is 2.95. The Morgan fingerprint density at radius 1 is 1.46 bits per heavy atom. The lowest BCUT2D eigenvalue weighted by Crippen LogP contribution is -2.12. The van der Waals surface area contributed by atoms with Crippen LogP contribution in [0.5, 0.6) is 5.75 Å². The van der Waals surface area contributed by atoms with Crippen LogP contribution in [0.3, 0.4) is 0 Å². The highest BCUT2D eigenvalue weighted by Gasteiger charge is 1.99. The van der Waals surface area contributed by atoms with E-state index in [1.165, 1.54) is 15.3 Å². The molecule has 1 aromatic rings. The van der Waals surface area contributed by atoms with E-state index in [1.807, 2.05) is 12.1 Å². The molecule has 70 valence electrons. The summed E-state index contributed by atoms with van der Waals surface area (Å²) < 4.78 is 5.83. The molecule has 0 N–H and O–H groups in total. The Bertz CT molecular complexity index is 275. The summed E-state index contributed by atoms with van der Waals surface area (Å²) in [6.45, 7) is 3.75. The van der Waals surface area contributed by atoms with Crippen LogP contribution in [0.1, 0.15) is 5.56 Å². The molecule has 0 aliphatic carbocycles. The molecule has 0 aliphatic rings. The highest BCUT2D eigenvalue weighted by molar-refractivity contribution is 7.22. The van der Waals surface area contributed by atoms with E-state index >= 15 is 0 Å². The lowest BCUT2D eigenvalue weighted by atomic mass is 10.1. The van der Waals surface area contributed by atoms with Crippen molar-refractivity contribution in [1.82, 2.24) is 0 Å². The van der Waals surface area contributed by atoms with E-state index in [0.29, 0.717) is 0 Å². The Morgan fingerprint density at radius 2 is 2.23 bits per heavy atom. The van der Waals surface area contributed by atoms with Crippen LogP contribution in [0.15, 0.2) is 36.9 Å². The van der Waals surface area contributed by atoms with Gasteiger partial charge in [0.25, 0.3) is 0 Å². The molecule has 0 aromatic heterocycles. The molecule has 1 rings (SSSR count). The van der Waals surface area contributed by atoms with Gasteiger partial charge in [-0.25, -0.2) is 0 Å². The van der Waals surface area contributed by atoms with Crippen LogP contribution in [0, 0.1) is 0 Å². The van der Waals surface area contributed by atoms with Crippen LogP contribution in [0.4, 0.5) is 0 Å². The van der Waals surface area contributed by atoms with Crippen molar-refractivity contribution in [2.24, 2.45) is 0 Å². The number of hydrogen-bond acceptors (Lipinski definition) is 1. The lowest BCUT2D eigenvalue weighted by molar-refractivity contribution is 0.602. The molecule has 0 saturated carbocycles. The van der Waals surface area contributed by atoms with Crippen LogP contribution in [0.25, 0.3) is 0 Å². The first kappa shape index (κ1) is 10.5. The largest absolute Gasteiger partial charge is 0.554 e. The fourth-order valence-electron chi connectivity index (χ4n) is 1.18. The molecule has 0 fully saturated rings. The van der Waals surface area contributed by atoms with Crippen molar-refractivity contribution in [1.29, 1.82) is 0 Å². The van der Waals surface area contributed by atoms with Crippen molar-refractivity contribution >= 4 is 27.6 Å². The fourth-order valence-corrected chi connectivity index (χ4v) is 5.00. The number of rotatable bonds is 5. The van der Waals surface area contributed by atoms with Gasteiger partial charge in [-0.15, -0.1) is 6.58 Å². The fraction of sp³-hybridized carbons (Fsp3) is 0.111. The van der Waals surface area contributed by atoms with E-state index in [0.717, 1.165) is 12.2 Å². The molecule has 0 aliphatic heterocycles. The van der Waals surface area contributed by atoms with Crippen molar-refractivity contribution < 1.29 is 4.43 Å². The van der Waals surface area contributed by atoms with Crippen LogP contribution < -0.4 is 4.43 Å². The van der Waals surface area contributed by atoms with E-state index in [1.54, 1.807) is 0 Å². The summed E-state index contributed by atoms with van der Waals surface area (Å²) in [7, 11) is 1.53. The molecule has 0 heterocycles. The second kappa shape index (κ2) is 5.96. The Morgan fingerprint density at radius 3 is 2.92 bits per heavy atom. The standard InChI is InChI=1S/C9H16OSi3/c1-2-5-8-6-3-4-7-9(8)10-12-13-11/h2-4,6-7H,1,5,12-13H2,11H3. The van der Waals surface area contributed by atoms with Gasteiger partial charge in [0.15, 0.2) is 9.28 Å². The minimum atomic E-state index is -0.149. The third-order valence-corrected chi connectivity index (χ3v) is 8.23. The first-order valence-electron chi connectivity index (χ1n) is 4.70. The smallest absolute Gasteiger partial charge is 0.194 e. The van der Waals surface area contributed by atoms with Crippen molar-refractivity contribution in [3.63, 3.8) is 0 Å². The molecule has 0 atom stereocenters. The third-order valence-electron chi connectivity index (χ3n) is 1.80. The summed E-state index contributed by atoms with van der Waals surface area (Å²) in [4.78, 5) is 0. The number of hydrogen-bond donors (Lipinski definition) is 0. The average Bonchev–Trinajstić information content (AvgIpc) is 2.17. The Balaban J connectivity index is 2.71. The highest BCUT2D eigenvalue weighted by atomic mass is 29.5.